The van der Waals surface area contributed by atoms with Gasteiger partial charge in [0.25, 0.3) is 5.56 Å². The predicted octanol–water partition coefficient (Wildman–Crippen LogP) is 1.61. The summed E-state index contributed by atoms with van der Waals surface area (Å²) in [5, 5.41) is 2.95. The quantitative estimate of drug-likeness (QED) is 0.846. The van der Waals surface area contributed by atoms with E-state index in [1.165, 1.54) is 6.92 Å². The number of ether oxygens (including phenoxy) is 2. The Balaban J connectivity index is 1.97. The van der Waals surface area contributed by atoms with Crippen LogP contribution in [0.1, 0.15) is 33.7 Å². The summed E-state index contributed by atoms with van der Waals surface area (Å²) in [7, 11) is 0. The van der Waals surface area contributed by atoms with Crippen molar-refractivity contribution in [2.75, 3.05) is 18.5 Å². The Morgan fingerprint density at radius 2 is 1.88 bits per heavy atom. The van der Waals surface area contributed by atoms with Crippen LogP contribution in [0.3, 0.4) is 0 Å². The molecule has 8 nitrogen and oxygen atoms in total. The molecule has 0 atom stereocenters. The molecular weight excluding hydrogens is 338 g/mol. The maximum Gasteiger partial charge on any atom is 0.329 e. The van der Waals surface area contributed by atoms with E-state index < -0.39 is 17.3 Å². The lowest BCUT2D eigenvalue weighted by molar-refractivity contribution is -0.239. The summed E-state index contributed by atoms with van der Waals surface area (Å²) in [6.07, 6.45) is -0.389. The fraction of sp³-hybridized carbons (Fsp3) is 0.500. The van der Waals surface area contributed by atoms with Gasteiger partial charge in [-0.25, -0.2) is 4.79 Å². The summed E-state index contributed by atoms with van der Waals surface area (Å²) in [4.78, 5) is 39.2. The van der Waals surface area contributed by atoms with E-state index in [0.717, 1.165) is 4.57 Å². The van der Waals surface area contributed by atoms with E-state index in [9.17, 15) is 14.4 Å². The molecule has 0 bridgehead atoms. The van der Waals surface area contributed by atoms with Crippen LogP contribution in [0, 0.1) is 5.41 Å². The first-order chi connectivity index (χ1) is 12.2. The molecule has 1 aliphatic heterocycles. The number of aromatic amines is 1. The molecule has 2 aromatic rings. The lowest BCUT2D eigenvalue weighted by Gasteiger charge is -2.36. The zero-order valence-electron chi connectivity index (χ0n) is 15.3. The van der Waals surface area contributed by atoms with Crippen molar-refractivity contribution in [3.05, 3.63) is 39.0 Å². The zero-order valence-corrected chi connectivity index (χ0v) is 15.3. The van der Waals surface area contributed by atoms with Gasteiger partial charge >= 0.3 is 5.69 Å². The fourth-order valence-corrected chi connectivity index (χ4v) is 2.98. The van der Waals surface area contributed by atoms with E-state index in [1.54, 1.807) is 18.2 Å². The summed E-state index contributed by atoms with van der Waals surface area (Å²) >= 11 is 0. The van der Waals surface area contributed by atoms with Crippen LogP contribution in [0.4, 0.5) is 5.69 Å². The molecule has 2 N–H and O–H groups in total. The first-order valence-electron chi connectivity index (χ1n) is 8.46. The molecule has 8 heteroatoms. The molecule has 0 spiro atoms. The molecule has 0 unspecified atom stereocenters. The molecule has 0 aliphatic carbocycles. The van der Waals surface area contributed by atoms with Crippen molar-refractivity contribution in [3.63, 3.8) is 0 Å². The standard InChI is InChI=1S/C18H23N3O5/c1-10(22)19-11-5-6-14-13(7-11)15(23)21(17(24)20-14)12-8-25-16(26-9-12)18(2,3)4/h5-7,12,16H,8-9H2,1-4H3,(H,19,22)(H,20,24). The third-order valence-corrected chi connectivity index (χ3v) is 4.20. The van der Waals surface area contributed by atoms with Crippen LogP contribution in [0.25, 0.3) is 10.9 Å². The number of aromatic nitrogens is 2. The van der Waals surface area contributed by atoms with Crippen LogP contribution in [0.15, 0.2) is 27.8 Å². The molecule has 1 aliphatic rings. The molecule has 3 rings (SSSR count). The molecule has 140 valence electrons. The van der Waals surface area contributed by atoms with Gasteiger partial charge in [0.15, 0.2) is 6.29 Å². The number of hydrogen-bond acceptors (Lipinski definition) is 5. The molecule has 1 saturated heterocycles. The Kier molecular flexibility index (Phi) is 4.72. The van der Waals surface area contributed by atoms with Gasteiger partial charge in [-0.05, 0) is 18.2 Å². The summed E-state index contributed by atoms with van der Waals surface area (Å²) in [5.74, 6) is -0.239. The van der Waals surface area contributed by atoms with Crippen molar-refractivity contribution in [1.82, 2.24) is 9.55 Å². The highest BCUT2D eigenvalue weighted by Gasteiger charge is 2.33. The van der Waals surface area contributed by atoms with Gasteiger partial charge in [-0.2, -0.15) is 0 Å². The Hall–Kier alpha value is -2.45. The SMILES string of the molecule is CC(=O)Nc1ccc2[nH]c(=O)n(C3COC(C(C)(C)C)OC3)c(=O)c2c1. The second-order valence-corrected chi connectivity index (χ2v) is 7.57. The maximum absolute atomic E-state index is 12.9. The number of hydrogen-bond donors (Lipinski definition) is 2. The van der Waals surface area contributed by atoms with Crippen LogP contribution in [0.5, 0.6) is 0 Å². The molecular formula is C18H23N3O5. The minimum Gasteiger partial charge on any atom is -0.350 e. The number of anilines is 1. The van der Waals surface area contributed by atoms with Crippen molar-refractivity contribution in [2.45, 2.75) is 40.0 Å². The Labute approximate surface area is 150 Å². The largest absolute Gasteiger partial charge is 0.350 e. The summed E-state index contributed by atoms with van der Waals surface area (Å²) < 4.78 is 12.6. The molecule has 1 aromatic heterocycles. The highest BCUT2D eigenvalue weighted by molar-refractivity contribution is 5.91. The number of carbonyl (C=O) groups is 1. The van der Waals surface area contributed by atoms with Crippen LogP contribution >= 0.6 is 0 Å². The van der Waals surface area contributed by atoms with E-state index in [2.05, 4.69) is 10.3 Å². The lowest BCUT2D eigenvalue weighted by atomic mass is 9.95. The van der Waals surface area contributed by atoms with Crippen molar-refractivity contribution < 1.29 is 14.3 Å². The minimum atomic E-state index is -0.515. The maximum atomic E-state index is 12.9. The highest BCUT2D eigenvalue weighted by atomic mass is 16.7. The number of nitrogens with one attached hydrogen (secondary N) is 2. The molecule has 0 radical (unpaired) electrons. The van der Waals surface area contributed by atoms with Gasteiger partial charge in [0.05, 0.1) is 30.2 Å². The van der Waals surface area contributed by atoms with Crippen LogP contribution in [-0.4, -0.2) is 35.0 Å². The minimum absolute atomic E-state index is 0.195. The predicted molar refractivity (Wildman–Crippen MR) is 97.3 cm³/mol. The molecule has 1 amide bonds. The van der Waals surface area contributed by atoms with Crippen molar-refractivity contribution in [1.29, 1.82) is 0 Å². The van der Waals surface area contributed by atoms with Gasteiger partial charge in [-0.15, -0.1) is 0 Å². The van der Waals surface area contributed by atoms with Gasteiger partial charge in [0.2, 0.25) is 5.91 Å². The number of amides is 1. The monoisotopic (exact) mass is 361 g/mol. The van der Waals surface area contributed by atoms with Gasteiger partial charge in [0, 0.05) is 18.0 Å². The molecule has 26 heavy (non-hydrogen) atoms. The van der Waals surface area contributed by atoms with Gasteiger partial charge in [-0.3, -0.25) is 14.2 Å². The first kappa shape index (κ1) is 18.3. The number of fused-ring (bicyclic) bond motifs is 1. The number of H-pyrrole nitrogens is 1. The average Bonchev–Trinajstić information content (AvgIpc) is 2.55. The van der Waals surface area contributed by atoms with Crippen LogP contribution in [-0.2, 0) is 14.3 Å². The highest BCUT2D eigenvalue weighted by Crippen LogP contribution is 2.28. The van der Waals surface area contributed by atoms with Crippen LogP contribution in [0.2, 0.25) is 0 Å². The summed E-state index contributed by atoms with van der Waals surface area (Å²) in [5.41, 5.74) is -0.248. The Morgan fingerprint density at radius 3 is 2.46 bits per heavy atom. The van der Waals surface area contributed by atoms with Gasteiger partial charge in [-0.1, -0.05) is 20.8 Å². The molecule has 0 saturated carbocycles. The van der Waals surface area contributed by atoms with E-state index in [-0.39, 0.29) is 30.8 Å². The fourth-order valence-electron chi connectivity index (χ4n) is 2.98. The third-order valence-electron chi connectivity index (χ3n) is 4.20. The molecule has 1 fully saturated rings. The number of nitrogens with zero attached hydrogens (tertiary/aromatic N) is 1. The second-order valence-electron chi connectivity index (χ2n) is 7.57. The Morgan fingerprint density at radius 1 is 1.23 bits per heavy atom. The van der Waals surface area contributed by atoms with Crippen molar-refractivity contribution in [3.8, 4) is 0 Å². The molecule has 1 aromatic carbocycles. The number of carbonyl (C=O) groups excluding carboxylic acids is 1. The van der Waals surface area contributed by atoms with E-state index >= 15 is 0 Å². The zero-order chi connectivity index (χ0) is 19.1. The van der Waals surface area contributed by atoms with Gasteiger partial charge < -0.3 is 19.8 Å². The summed E-state index contributed by atoms with van der Waals surface area (Å²) in [6, 6.07) is 4.26. The van der Waals surface area contributed by atoms with Crippen molar-refractivity contribution >= 4 is 22.5 Å². The van der Waals surface area contributed by atoms with Crippen molar-refractivity contribution in [2.24, 2.45) is 5.41 Å². The smallest absolute Gasteiger partial charge is 0.329 e. The Bertz CT molecular complexity index is 946. The average molecular weight is 361 g/mol. The third kappa shape index (κ3) is 3.56. The lowest BCUT2D eigenvalue weighted by Crippen LogP contribution is -2.47. The van der Waals surface area contributed by atoms with Crippen LogP contribution < -0.4 is 16.6 Å². The van der Waals surface area contributed by atoms with E-state index in [4.69, 9.17) is 9.47 Å². The normalized spacial score (nSPS) is 20.9. The van der Waals surface area contributed by atoms with E-state index in [1.807, 2.05) is 20.8 Å². The topological polar surface area (TPSA) is 102 Å². The first-order valence-corrected chi connectivity index (χ1v) is 8.46. The second kappa shape index (κ2) is 6.69. The summed E-state index contributed by atoms with van der Waals surface area (Å²) in [6.45, 7) is 7.80. The van der Waals surface area contributed by atoms with Gasteiger partial charge in [0.1, 0.15) is 0 Å². The number of rotatable bonds is 2. The molecule has 2 heterocycles. The number of benzene rings is 1. The van der Waals surface area contributed by atoms with E-state index in [0.29, 0.717) is 16.6 Å².